The molecule has 0 aliphatic carbocycles. The van der Waals surface area contributed by atoms with Gasteiger partial charge in [-0.1, -0.05) is 36.4 Å². The Morgan fingerprint density at radius 1 is 0.857 bits per heavy atom. The fourth-order valence-corrected chi connectivity index (χ4v) is 4.46. The summed E-state index contributed by atoms with van der Waals surface area (Å²) in [6.45, 7) is 8.23. The molecule has 1 aliphatic rings. The van der Waals surface area contributed by atoms with Crippen LogP contribution in [0, 0.1) is 0 Å². The van der Waals surface area contributed by atoms with Gasteiger partial charge in [0.2, 0.25) is 0 Å². The van der Waals surface area contributed by atoms with E-state index in [0.717, 1.165) is 41.3 Å². The molecule has 1 aliphatic heterocycles. The van der Waals surface area contributed by atoms with E-state index in [-0.39, 0.29) is 5.91 Å². The van der Waals surface area contributed by atoms with E-state index < -0.39 is 5.97 Å². The van der Waals surface area contributed by atoms with Crippen LogP contribution in [-0.4, -0.2) is 38.6 Å². The number of hydrogen-bond donors (Lipinski definition) is 1. The average Bonchev–Trinajstić information content (AvgIpc) is 3.21. The van der Waals surface area contributed by atoms with Crippen LogP contribution in [-0.2, 0) is 9.53 Å². The number of carbonyl (C=O) groups is 2. The van der Waals surface area contributed by atoms with Crippen molar-refractivity contribution in [2.45, 2.75) is 20.8 Å². The van der Waals surface area contributed by atoms with Gasteiger partial charge >= 0.3 is 5.97 Å². The molecule has 1 amide bonds. The van der Waals surface area contributed by atoms with Crippen LogP contribution in [0.3, 0.4) is 0 Å². The quantitative estimate of drug-likeness (QED) is 0.340. The average molecular weight is 470 g/mol. The molecule has 4 rings (SSSR count). The molecular weight excluding hydrogens is 438 g/mol. The molecule has 0 saturated heterocycles. The molecule has 6 nitrogen and oxygen atoms in total. The molecule has 1 heterocycles. The Balaban J connectivity index is 1.82. The van der Waals surface area contributed by atoms with Gasteiger partial charge in [0.1, 0.15) is 0 Å². The molecular formula is C29H31N3O3. The summed E-state index contributed by atoms with van der Waals surface area (Å²) in [5, 5.41) is 2.94. The summed E-state index contributed by atoms with van der Waals surface area (Å²) in [6.07, 6.45) is 0. The summed E-state index contributed by atoms with van der Waals surface area (Å²) >= 11 is 0. The Morgan fingerprint density at radius 2 is 1.51 bits per heavy atom. The second kappa shape index (κ2) is 10.5. The monoisotopic (exact) mass is 469 g/mol. The lowest BCUT2D eigenvalue weighted by Crippen LogP contribution is -2.22. The lowest BCUT2D eigenvalue weighted by Gasteiger charge is -2.27. The minimum Gasteiger partial charge on any atom is -0.462 e. The Labute approximate surface area is 206 Å². The lowest BCUT2D eigenvalue weighted by molar-refractivity contribution is -0.110. The molecule has 0 bridgehead atoms. The number of nitrogens with zero attached hydrogens (tertiary/aromatic N) is 2. The van der Waals surface area contributed by atoms with Gasteiger partial charge < -0.3 is 19.9 Å². The zero-order valence-electron chi connectivity index (χ0n) is 20.7. The first-order valence-electron chi connectivity index (χ1n) is 12.0. The Morgan fingerprint density at radius 3 is 2.14 bits per heavy atom. The second-order valence-corrected chi connectivity index (χ2v) is 8.27. The molecule has 0 unspecified atom stereocenters. The van der Waals surface area contributed by atoms with Crippen LogP contribution in [0.1, 0.15) is 42.3 Å². The van der Waals surface area contributed by atoms with Crippen LogP contribution in [0.2, 0.25) is 0 Å². The van der Waals surface area contributed by atoms with Gasteiger partial charge in [-0.3, -0.25) is 4.79 Å². The summed E-state index contributed by atoms with van der Waals surface area (Å²) < 4.78 is 5.12. The SMILES string of the molecule is CCOC(=O)c1ccc2c(c1)NC(=O)/C2=C(/c1ccccc1)N(C)c1ccc(N(CC)CC)cc1. The number of esters is 1. The van der Waals surface area contributed by atoms with Gasteiger partial charge in [0.25, 0.3) is 5.91 Å². The van der Waals surface area contributed by atoms with Crippen molar-refractivity contribution in [3.8, 4) is 0 Å². The highest BCUT2D eigenvalue weighted by Gasteiger charge is 2.31. The predicted octanol–water partition coefficient (Wildman–Crippen LogP) is 5.67. The number of rotatable bonds is 8. The minimum atomic E-state index is -0.407. The van der Waals surface area contributed by atoms with Crippen molar-refractivity contribution in [3.63, 3.8) is 0 Å². The highest BCUT2D eigenvalue weighted by molar-refractivity contribution is 6.37. The first-order valence-corrected chi connectivity index (χ1v) is 12.0. The summed E-state index contributed by atoms with van der Waals surface area (Å²) in [5.74, 6) is -0.609. The number of nitrogens with one attached hydrogen (secondary N) is 1. The molecule has 1 N–H and O–H groups in total. The highest BCUT2D eigenvalue weighted by Crippen LogP contribution is 2.40. The van der Waals surface area contributed by atoms with Crippen molar-refractivity contribution >= 4 is 40.2 Å². The third-order valence-corrected chi connectivity index (χ3v) is 6.26. The van der Waals surface area contributed by atoms with Gasteiger partial charge in [0, 0.05) is 37.1 Å². The lowest BCUT2D eigenvalue weighted by atomic mass is 9.98. The molecule has 3 aromatic carbocycles. The Bertz CT molecular complexity index is 1250. The summed E-state index contributed by atoms with van der Waals surface area (Å²) in [5.41, 5.74) is 6.19. The van der Waals surface area contributed by atoms with Crippen LogP contribution in [0.15, 0.2) is 72.8 Å². The third kappa shape index (κ3) is 4.78. The van der Waals surface area contributed by atoms with E-state index in [1.807, 2.05) is 48.3 Å². The molecule has 35 heavy (non-hydrogen) atoms. The number of benzene rings is 3. The second-order valence-electron chi connectivity index (χ2n) is 8.27. The van der Waals surface area contributed by atoms with Crippen LogP contribution >= 0.6 is 0 Å². The van der Waals surface area contributed by atoms with Crippen molar-refractivity contribution in [3.05, 3.63) is 89.5 Å². The molecule has 0 atom stereocenters. The zero-order chi connectivity index (χ0) is 24.9. The Kier molecular flexibility index (Phi) is 7.20. The van der Waals surface area contributed by atoms with E-state index in [9.17, 15) is 9.59 Å². The summed E-state index contributed by atoms with van der Waals surface area (Å²) in [4.78, 5) is 29.8. The first kappa shape index (κ1) is 24.1. The summed E-state index contributed by atoms with van der Waals surface area (Å²) in [7, 11) is 1.97. The van der Waals surface area contributed by atoms with Crippen molar-refractivity contribution in [2.24, 2.45) is 0 Å². The van der Waals surface area contributed by atoms with Gasteiger partial charge in [-0.15, -0.1) is 0 Å². The smallest absolute Gasteiger partial charge is 0.338 e. The van der Waals surface area contributed by atoms with Gasteiger partial charge in [0.05, 0.1) is 29.1 Å². The van der Waals surface area contributed by atoms with E-state index in [1.165, 1.54) is 0 Å². The van der Waals surface area contributed by atoms with Gasteiger partial charge in [-0.25, -0.2) is 4.79 Å². The maximum Gasteiger partial charge on any atom is 0.338 e. The van der Waals surface area contributed by atoms with Gasteiger partial charge in [0.15, 0.2) is 0 Å². The molecule has 6 heteroatoms. The summed E-state index contributed by atoms with van der Waals surface area (Å²) in [6, 6.07) is 23.5. The van der Waals surface area contributed by atoms with Crippen LogP contribution in [0.5, 0.6) is 0 Å². The topological polar surface area (TPSA) is 61.9 Å². The standard InChI is InChI=1S/C29H31N3O3/c1-5-32(6-2)23-16-14-22(15-17-23)31(4)27(20-11-9-8-10-12-20)26-24-18-13-21(29(34)35-7-3)19-25(24)30-28(26)33/h8-19H,5-7H2,1-4H3,(H,30,33)/b27-26-. The third-order valence-electron chi connectivity index (χ3n) is 6.26. The predicted molar refractivity (Wildman–Crippen MR) is 143 cm³/mol. The van der Waals surface area contributed by atoms with Crippen molar-refractivity contribution in [1.82, 2.24) is 0 Å². The van der Waals surface area contributed by atoms with Gasteiger partial charge in [-0.05, 0) is 62.7 Å². The van der Waals surface area contributed by atoms with Crippen molar-refractivity contribution in [1.29, 1.82) is 0 Å². The van der Waals surface area contributed by atoms with Gasteiger partial charge in [-0.2, -0.15) is 0 Å². The normalized spacial score (nSPS) is 13.7. The molecule has 180 valence electrons. The van der Waals surface area contributed by atoms with Crippen LogP contribution in [0.25, 0.3) is 11.3 Å². The van der Waals surface area contributed by atoms with E-state index in [4.69, 9.17) is 4.74 Å². The van der Waals surface area contributed by atoms with Crippen molar-refractivity contribution < 1.29 is 14.3 Å². The molecule has 0 fully saturated rings. The molecule has 0 radical (unpaired) electrons. The number of anilines is 3. The number of hydrogen-bond acceptors (Lipinski definition) is 5. The number of ether oxygens (including phenoxy) is 1. The van der Waals surface area contributed by atoms with Crippen LogP contribution < -0.4 is 15.1 Å². The minimum absolute atomic E-state index is 0.202. The molecule has 0 spiro atoms. The van der Waals surface area contributed by atoms with E-state index >= 15 is 0 Å². The van der Waals surface area contributed by atoms with E-state index in [2.05, 4.69) is 48.3 Å². The number of carbonyl (C=O) groups excluding carboxylic acids is 2. The van der Waals surface area contributed by atoms with Crippen molar-refractivity contribution in [2.75, 3.05) is 41.9 Å². The first-order chi connectivity index (χ1) is 17.0. The van der Waals surface area contributed by atoms with Crippen LogP contribution in [0.4, 0.5) is 17.1 Å². The number of amides is 1. The highest BCUT2D eigenvalue weighted by atomic mass is 16.5. The van der Waals surface area contributed by atoms with E-state index in [1.54, 1.807) is 19.1 Å². The zero-order valence-corrected chi connectivity index (χ0v) is 20.7. The molecule has 3 aromatic rings. The largest absolute Gasteiger partial charge is 0.462 e. The molecule has 0 saturated carbocycles. The molecule has 0 aromatic heterocycles. The Hall–Kier alpha value is -4.06. The fourth-order valence-electron chi connectivity index (χ4n) is 4.46. The fraction of sp³-hybridized carbons (Fsp3) is 0.241. The van der Waals surface area contributed by atoms with E-state index in [0.29, 0.717) is 23.4 Å². The number of fused-ring (bicyclic) bond motifs is 1. The maximum atomic E-state index is 13.3. The maximum absolute atomic E-state index is 13.3.